The number of hydrogen-bond donors (Lipinski definition) is 3. The minimum atomic E-state index is -0.310. The third-order valence-electron chi connectivity index (χ3n) is 2.92. The maximum atomic E-state index is 12.3. The lowest BCUT2D eigenvalue weighted by Gasteiger charge is -2.11. The number of ether oxygens (including phenoxy) is 1. The van der Waals surface area contributed by atoms with Crippen molar-refractivity contribution >= 4 is 28.9 Å². The van der Waals surface area contributed by atoms with Gasteiger partial charge in [-0.05, 0) is 30.3 Å². The molecule has 0 aliphatic heterocycles. The molecule has 2 aromatic carbocycles. The third kappa shape index (κ3) is 3.76. The Morgan fingerprint density at radius 2 is 1.86 bits per heavy atom. The fourth-order valence-corrected chi connectivity index (χ4v) is 1.95. The first-order valence-electron chi connectivity index (χ1n) is 6.62. The fourth-order valence-electron chi connectivity index (χ4n) is 1.95. The van der Waals surface area contributed by atoms with Gasteiger partial charge in [-0.25, -0.2) is 0 Å². The Balaban J connectivity index is 2.20. The highest BCUT2D eigenvalue weighted by molar-refractivity contribution is 6.06. The van der Waals surface area contributed by atoms with Crippen LogP contribution in [0.5, 0.6) is 5.75 Å². The molecule has 0 heterocycles. The number of carbonyl (C=O) groups is 2. The van der Waals surface area contributed by atoms with Crippen molar-refractivity contribution in [3.63, 3.8) is 0 Å². The van der Waals surface area contributed by atoms with Crippen LogP contribution < -0.4 is 21.1 Å². The average molecular weight is 299 g/mol. The zero-order chi connectivity index (χ0) is 16.1. The van der Waals surface area contributed by atoms with Gasteiger partial charge in [0.05, 0.1) is 12.8 Å². The van der Waals surface area contributed by atoms with Crippen LogP contribution in [0.25, 0.3) is 0 Å². The van der Waals surface area contributed by atoms with Crippen LogP contribution in [0.4, 0.5) is 17.1 Å². The Kier molecular flexibility index (Phi) is 4.63. The summed E-state index contributed by atoms with van der Waals surface area (Å²) in [4.78, 5) is 23.4. The summed E-state index contributed by atoms with van der Waals surface area (Å²) >= 11 is 0. The molecule has 0 saturated heterocycles. The summed E-state index contributed by atoms with van der Waals surface area (Å²) in [5, 5.41) is 5.39. The van der Waals surface area contributed by atoms with Crippen LogP contribution in [0.15, 0.2) is 42.5 Å². The number of hydrogen-bond acceptors (Lipinski definition) is 4. The van der Waals surface area contributed by atoms with E-state index in [1.165, 1.54) is 14.0 Å². The quantitative estimate of drug-likeness (QED) is 0.756. The average Bonchev–Trinajstić information content (AvgIpc) is 2.48. The molecule has 0 atom stereocenters. The van der Waals surface area contributed by atoms with E-state index in [2.05, 4.69) is 10.6 Å². The van der Waals surface area contributed by atoms with Crippen LogP contribution in [0.2, 0.25) is 0 Å². The molecule has 6 nitrogen and oxygen atoms in total. The SMILES string of the molecule is COc1cc(N)ccc1NC(=O)c1cccc(NC(C)=O)c1. The second-order valence-electron chi connectivity index (χ2n) is 4.68. The smallest absolute Gasteiger partial charge is 0.255 e. The summed E-state index contributed by atoms with van der Waals surface area (Å²) in [5.74, 6) is -0.0283. The van der Waals surface area contributed by atoms with Crippen LogP contribution >= 0.6 is 0 Å². The van der Waals surface area contributed by atoms with Crippen LogP contribution in [0.3, 0.4) is 0 Å². The number of carbonyl (C=O) groups excluding carboxylic acids is 2. The van der Waals surface area contributed by atoms with Gasteiger partial charge in [-0.15, -0.1) is 0 Å². The van der Waals surface area contributed by atoms with E-state index in [-0.39, 0.29) is 11.8 Å². The highest BCUT2D eigenvalue weighted by Gasteiger charge is 2.11. The Morgan fingerprint density at radius 1 is 1.09 bits per heavy atom. The number of amides is 2. The second-order valence-corrected chi connectivity index (χ2v) is 4.68. The fraction of sp³-hybridized carbons (Fsp3) is 0.125. The van der Waals surface area contributed by atoms with E-state index in [1.54, 1.807) is 42.5 Å². The van der Waals surface area contributed by atoms with E-state index in [1.807, 2.05) is 0 Å². The number of nitrogen functional groups attached to an aromatic ring is 1. The van der Waals surface area contributed by atoms with Crippen LogP contribution in [-0.2, 0) is 4.79 Å². The molecule has 2 aromatic rings. The van der Waals surface area contributed by atoms with Gasteiger partial charge in [-0.2, -0.15) is 0 Å². The molecule has 22 heavy (non-hydrogen) atoms. The van der Waals surface area contributed by atoms with E-state index in [9.17, 15) is 9.59 Å². The van der Waals surface area contributed by atoms with Crippen molar-refractivity contribution in [2.75, 3.05) is 23.5 Å². The van der Waals surface area contributed by atoms with Crippen LogP contribution in [0.1, 0.15) is 17.3 Å². The maximum absolute atomic E-state index is 12.3. The summed E-state index contributed by atoms with van der Waals surface area (Å²) in [5.41, 5.74) is 7.72. The molecule has 0 saturated carbocycles. The Morgan fingerprint density at radius 3 is 2.55 bits per heavy atom. The summed E-state index contributed by atoms with van der Waals surface area (Å²) in [7, 11) is 1.50. The Bertz CT molecular complexity index is 714. The van der Waals surface area contributed by atoms with Gasteiger partial charge in [0.2, 0.25) is 5.91 Å². The molecule has 114 valence electrons. The predicted molar refractivity (Wildman–Crippen MR) is 86.1 cm³/mol. The van der Waals surface area contributed by atoms with E-state index in [0.29, 0.717) is 28.4 Å². The lowest BCUT2D eigenvalue weighted by molar-refractivity contribution is -0.114. The molecule has 2 amide bonds. The molecule has 0 aromatic heterocycles. The number of nitrogens with two attached hydrogens (primary N) is 1. The van der Waals surface area contributed by atoms with Gasteiger partial charge in [0.1, 0.15) is 5.75 Å². The molecular weight excluding hydrogens is 282 g/mol. The molecule has 0 radical (unpaired) electrons. The van der Waals surface area contributed by atoms with Crippen LogP contribution in [0, 0.1) is 0 Å². The summed E-state index contributed by atoms with van der Waals surface area (Å²) in [6.45, 7) is 1.41. The topological polar surface area (TPSA) is 93.4 Å². The molecule has 2 rings (SSSR count). The van der Waals surface area contributed by atoms with Crippen molar-refractivity contribution in [3.8, 4) is 5.75 Å². The van der Waals surface area contributed by atoms with Gasteiger partial charge in [0.15, 0.2) is 0 Å². The molecule has 6 heteroatoms. The molecule has 0 spiro atoms. The minimum Gasteiger partial charge on any atom is -0.494 e. The summed E-state index contributed by atoms with van der Waals surface area (Å²) in [6, 6.07) is 11.6. The maximum Gasteiger partial charge on any atom is 0.255 e. The monoisotopic (exact) mass is 299 g/mol. The largest absolute Gasteiger partial charge is 0.494 e. The van der Waals surface area contributed by atoms with Crippen molar-refractivity contribution in [1.82, 2.24) is 0 Å². The van der Waals surface area contributed by atoms with E-state index >= 15 is 0 Å². The molecular formula is C16H17N3O3. The summed E-state index contributed by atoms with van der Waals surface area (Å²) in [6.07, 6.45) is 0. The van der Waals surface area contributed by atoms with Gasteiger partial charge in [0, 0.05) is 29.9 Å². The lowest BCUT2D eigenvalue weighted by atomic mass is 10.1. The number of methoxy groups -OCH3 is 1. The predicted octanol–water partition coefficient (Wildman–Crippen LogP) is 2.49. The minimum absolute atomic E-state index is 0.197. The number of nitrogens with one attached hydrogen (secondary N) is 2. The number of rotatable bonds is 4. The third-order valence-corrected chi connectivity index (χ3v) is 2.92. The molecule has 0 fully saturated rings. The van der Waals surface area contributed by atoms with E-state index in [4.69, 9.17) is 10.5 Å². The standard InChI is InChI=1S/C16H17N3O3/c1-10(20)18-13-5-3-4-11(8-13)16(21)19-14-7-6-12(17)9-15(14)22-2/h3-9H,17H2,1-2H3,(H,18,20)(H,19,21). The second kappa shape index (κ2) is 6.62. The zero-order valence-electron chi connectivity index (χ0n) is 12.3. The molecule has 0 aliphatic carbocycles. The van der Waals surface area contributed by atoms with Crippen molar-refractivity contribution < 1.29 is 14.3 Å². The van der Waals surface area contributed by atoms with Crippen LogP contribution in [-0.4, -0.2) is 18.9 Å². The lowest BCUT2D eigenvalue weighted by Crippen LogP contribution is -2.13. The summed E-state index contributed by atoms with van der Waals surface area (Å²) < 4.78 is 5.19. The van der Waals surface area contributed by atoms with E-state index in [0.717, 1.165) is 0 Å². The first-order valence-corrected chi connectivity index (χ1v) is 6.62. The highest BCUT2D eigenvalue weighted by Crippen LogP contribution is 2.27. The number of anilines is 3. The molecule has 0 bridgehead atoms. The van der Waals surface area contributed by atoms with Gasteiger partial charge in [-0.3, -0.25) is 9.59 Å². The zero-order valence-corrected chi connectivity index (χ0v) is 12.3. The van der Waals surface area contributed by atoms with E-state index < -0.39 is 0 Å². The van der Waals surface area contributed by atoms with Crippen molar-refractivity contribution in [2.45, 2.75) is 6.92 Å². The van der Waals surface area contributed by atoms with Gasteiger partial charge >= 0.3 is 0 Å². The van der Waals surface area contributed by atoms with Crippen molar-refractivity contribution in [3.05, 3.63) is 48.0 Å². The first-order chi connectivity index (χ1) is 10.5. The molecule has 0 unspecified atom stereocenters. The Labute approximate surface area is 128 Å². The van der Waals surface area contributed by atoms with Crippen molar-refractivity contribution in [1.29, 1.82) is 0 Å². The van der Waals surface area contributed by atoms with Gasteiger partial charge < -0.3 is 21.1 Å². The molecule has 0 aliphatic rings. The Hall–Kier alpha value is -3.02. The normalized spacial score (nSPS) is 9.91. The van der Waals surface area contributed by atoms with Crippen molar-refractivity contribution in [2.24, 2.45) is 0 Å². The molecule has 4 N–H and O–H groups in total. The van der Waals surface area contributed by atoms with Gasteiger partial charge in [-0.1, -0.05) is 6.07 Å². The first kappa shape index (κ1) is 15.4. The highest BCUT2D eigenvalue weighted by atomic mass is 16.5. The van der Waals surface area contributed by atoms with Gasteiger partial charge in [0.25, 0.3) is 5.91 Å². The number of benzene rings is 2.